The first-order valence-electron chi connectivity index (χ1n) is 6.15. The van der Waals surface area contributed by atoms with E-state index in [0.717, 1.165) is 43.9 Å². The fourth-order valence-electron chi connectivity index (χ4n) is 2.51. The normalized spacial score (nSPS) is 18.3. The Morgan fingerprint density at radius 1 is 1.33 bits per heavy atom. The molecule has 0 aliphatic carbocycles. The van der Waals surface area contributed by atoms with Crippen molar-refractivity contribution in [3.05, 3.63) is 27.8 Å². The lowest BCUT2D eigenvalue weighted by atomic mass is 10.1. The third kappa shape index (κ3) is 1.88. The Balaban J connectivity index is 2.02. The summed E-state index contributed by atoms with van der Waals surface area (Å²) in [7, 11) is 0. The molecular formula is C12H15N3O3. The number of nitro benzene ring substituents is 1. The highest BCUT2D eigenvalue weighted by atomic mass is 16.6. The van der Waals surface area contributed by atoms with Gasteiger partial charge in [0.15, 0.2) is 0 Å². The van der Waals surface area contributed by atoms with Crippen LogP contribution < -0.4 is 15.0 Å². The third-order valence-corrected chi connectivity index (χ3v) is 3.44. The summed E-state index contributed by atoms with van der Waals surface area (Å²) in [5, 5.41) is 14.4. The van der Waals surface area contributed by atoms with Crippen LogP contribution in [0.3, 0.4) is 0 Å². The van der Waals surface area contributed by atoms with E-state index >= 15 is 0 Å². The van der Waals surface area contributed by atoms with Crippen molar-refractivity contribution in [1.29, 1.82) is 0 Å². The minimum absolute atomic E-state index is 0.151. The summed E-state index contributed by atoms with van der Waals surface area (Å²) < 4.78 is 5.40. The molecular weight excluding hydrogens is 234 g/mol. The first-order chi connectivity index (χ1) is 8.75. The second kappa shape index (κ2) is 4.45. The first-order valence-corrected chi connectivity index (χ1v) is 6.15. The molecule has 1 aromatic rings. The second-order valence-electron chi connectivity index (χ2n) is 4.54. The van der Waals surface area contributed by atoms with Crippen molar-refractivity contribution in [1.82, 2.24) is 5.32 Å². The van der Waals surface area contributed by atoms with E-state index in [4.69, 9.17) is 4.74 Å². The Kier molecular flexibility index (Phi) is 2.79. The van der Waals surface area contributed by atoms with Crippen molar-refractivity contribution in [2.24, 2.45) is 0 Å². The molecule has 1 saturated heterocycles. The summed E-state index contributed by atoms with van der Waals surface area (Å²) in [5.74, 6) is 0.667. The summed E-state index contributed by atoms with van der Waals surface area (Å²) in [6, 6.07) is 3.49. The van der Waals surface area contributed by atoms with Gasteiger partial charge >= 0.3 is 0 Å². The van der Waals surface area contributed by atoms with Gasteiger partial charge in [0.05, 0.1) is 17.6 Å². The zero-order chi connectivity index (χ0) is 12.5. The number of ether oxygens (including phenoxy) is 1. The van der Waals surface area contributed by atoms with E-state index in [1.807, 2.05) is 6.07 Å². The average molecular weight is 249 g/mol. The van der Waals surface area contributed by atoms with E-state index in [1.165, 1.54) is 0 Å². The molecule has 2 heterocycles. The van der Waals surface area contributed by atoms with Gasteiger partial charge in [-0.1, -0.05) is 0 Å². The number of fused-ring (bicyclic) bond motifs is 1. The molecule has 0 saturated carbocycles. The zero-order valence-corrected chi connectivity index (χ0v) is 10.0. The lowest BCUT2D eigenvalue weighted by Gasteiger charge is -2.29. The quantitative estimate of drug-likeness (QED) is 0.624. The molecule has 0 amide bonds. The number of nitrogens with one attached hydrogen (secondary N) is 1. The van der Waals surface area contributed by atoms with E-state index in [-0.39, 0.29) is 10.6 Å². The van der Waals surface area contributed by atoms with Gasteiger partial charge in [0.1, 0.15) is 11.4 Å². The molecule has 3 rings (SSSR count). The van der Waals surface area contributed by atoms with Gasteiger partial charge in [-0.2, -0.15) is 0 Å². The molecule has 0 bridgehead atoms. The van der Waals surface area contributed by atoms with E-state index in [0.29, 0.717) is 12.4 Å². The summed E-state index contributed by atoms with van der Waals surface area (Å²) in [5.41, 5.74) is 1.96. The van der Waals surface area contributed by atoms with Crippen LogP contribution in [0.2, 0.25) is 0 Å². The van der Waals surface area contributed by atoms with Crippen molar-refractivity contribution >= 4 is 11.4 Å². The summed E-state index contributed by atoms with van der Waals surface area (Å²) in [6.07, 6.45) is 0.840. The molecule has 0 aromatic heterocycles. The van der Waals surface area contributed by atoms with Crippen molar-refractivity contribution in [3.63, 3.8) is 0 Å². The van der Waals surface area contributed by atoms with E-state index in [1.54, 1.807) is 6.07 Å². The number of hydrogen-bond acceptors (Lipinski definition) is 5. The number of nitrogens with zero attached hydrogens (tertiary/aromatic N) is 2. The number of benzene rings is 1. The van der Waals surface area contributed by atoms with Crippen molar-refractivity contribution in [2.45, 2.75) is 6.42 Å². The van der Waals surface area contributed by atoms with Crippen LogP contribution in [-0.2, 0) is 6.42 Å². The molecule has 2 aliphatic rings. The van der Waals surface area contributed by atoms with Gasteiger partial charge in [0.2, 0.25) is 0 Å². The molecule has 1 aromatic carbocycles. The van der Waals surface area contributed by atoms with Gasteiger partial charge in [-0.05, 0) is 6.07 Å². The Morgan fingerprint density at radius 3 is 2.83 bits per heavy atom. The minimum Gasteiger partial charge on any atom is -0.493 e. The molecule has 1 fully saturated rings. The number of nitro groups is 1. The van der Waals surface area contributed by atoms with Gasteiger partial charge in [-0.25, -0.2) is 0 Å². The number of rotatable bonds is 2. The Hall–Kier alpha value is -1.82. The van der Waals surface area contributed by atoms with E-state index < -0.39 is 0 Å². The Labute approximate surface area is 105 Å². The highest BCUT2D eigenvalue weighted by Crippen LogP contribution is 2.37. The van der Waals surface area contributed by atoms with Gasteiger partial charge in [0, 0.05) is 38.2 Å². The third-order valence-electron chi connectivity index (χ3n) is 3.44. The molecule has 96 valence electrons. The summed E-state index contributed by atoms with van der Waals surface area (Å²) in [6.45, 7) is 3.97. The predicted molar refractivity (Wildman–Crippen MR) is 67.4 cm³/mol. The smallest absolute Gasteiger partial charge is 0.296 e. The standard InChI is InChI=1S/C12H15N3O3/c16-15(17)11-8-12-9(1-6-18-12)7-10(11)14-4-2-13-3-5-14/h7-8,13H,1-6H2. The van der Waals surface area contributed by atoms with E-state index in [9.17, 15) is 10.1 Å². The number of piperazine rings is 1. The number of hydrogen-bond donors (Lipinski definition) is 1. The predicted octanol–water partition coefficient (Wildman–Crippen LogP) is 0.939. The highest BCUT2D eigenvalue weighted by Gasteiger charge is 2.26. The molecule has 1 N–H and O–H groups in total. The molecule has 18 heavy (non-hydrogen) atoms. The summed E-state index contributed by atoms with van der Waals surface area (Å²) >= 11 is 0. The molecule has 2 aliphatic heterocycles. The molecule has 0 radical (unpaired) electrons. The van der Waals surface area contributed by atoms with Crippen LogP contribution >= 0.6 is 0 Å². The fourth-order valence-corrected chi connectivity index (χ4v) is 2.51. The van der Waals surface area contributed by atoms with Crippen LogP contribution in [0.5, 0.6) is 5.75 Å². The lowest BCUT2D eigenvalue weighted by Crippen LogP contribution is -2.43. The maximum absolute atomic E-state index is 11.2. The van der Waals surface area contributed by atoms with Crippen molar-refractivity contribution < 1.29 is 9.66 Å². The van der Waals surface area contributed by atoms with Crippen molar-refractivity contribution in [3.8, 4) is 5.75 Å². The minimum atomic E-state index is -0.320. The van der Waals surface area contributed by atoms with Gasteiger partial charge in [-0.15, -0.1) is 0 Å². The monoisotopic (exact) mass is 249 g/mol. The second-order valence-corrected chi connectivity index (χ2v) is 4.54. The lowest BCUT2D eigenvalue weighted by molar-refractivity contribution is -0.384. The first kappa shape index (κ1) is 11.3. The zero-order valence-electron chi connectivity index (χ0n) is 10.0. The fraction of sp³-hybridized carbons (Fsp3) is 0.500. The molecule has 0 atom stereocenters. The van der Waals surface area contributed by atoms with Crippen LogP contribution in [-0.4, -0.2) is 37.7 Å². The maximum atomic E-state index is 11.2. The van der Waals surface area contributed by atoms with Gasteiger partial charge in [0.25, 0.3) is 5.69 Å². The van der Waals surface area contributed by atoms with Crippen LogP contribution in [0.1, 0.15) is 5.56 Å². The van der Waals surface area contributed by atoms with Gasteiger partial charge < -0.3 is 15.0 Å². The molecule has 6 heteroatoms. The Morgan fingerprint density at radius 2 is 2.11 bits per heavy atom. The molecule has 0 unspecified atom stereocenters. The largest absolute Gasteiger partial charge is 0.493 e. The summed E-state index contributed by atoms with van der Waals surface area (Å²) in [4.78, 5) is 12.9. The SMILES string of the molecule is O=[N+]([O-])c1cc2c(cc1N1CCNCC1)CCO2. The van der Waals surface area contributed by atoms with E-state index in [2.05, 4.69) is 10.2 Å². The van der Waals surface area contributed by atoms with Crippen LogP contribution in [0.25, 0.3) is 0 Å². The highest BCUT2D eigenvalue weighted by molar-refractivity contribution is 5.68. The maximum Gasteiger partial charge on any atom is 0.296 e. The van der Waals surface area contributed by atoms with Gasteiger partial charge in [-0.3, -0.25) is 10.1 Å². The van der Waals surface area contributed by atoms with Crippen LogP contribution in [0, 0.1) is 10.1 Å². The van der Waals surface area contributed by atoms with Crippen molar-refractivity contribution in [2.75, 3.05) is 37.7 Å². The average Bonchev–Trinajstić information content (AvgIpc) is 2.85. The van der Waals surface area contributed by atoms with Crippen LogP contribution in [0.4, 0.5) is 11.4 Å². The van der Waals surface area contributed by atoms with Crippen LogP contribution in [0.15, 0.2) is 12.1 Å². The number of anilines is 1. The molecule has 0 spiro atoms. The topological polar surface area (TPSA) is 67.6 Å². The Bertz CT molecular complexity index is 484. The molecule has 6 nitrogen and oxygen atoms in total.